The van der Waals surface area contributed by atoms with Crippen LogP contribution in [0.1, 0.15) is 86.8 Å². The smallest absolute Gasteiger partial charge is 0.344 e. The molecular weight excluding hydrogens is 326 g/mol. The number of rotatable bonds is 7. The van der Waals surface area contributed by atoms with Crippen molar-refractivity contribution in [2.75, 3.05) is 26.1 Å². The predicted octanol–water partition coefficient (Wildman–Crippen LogP) is 3.34. The molecule has 1 saturated carbocycles. The highest BCUT2D eigenvalue weighted by molar-refractivity contribution is 5.81. The van der Waals surface area contributed by atoms with E-state index in [-0.39, 0.29) is 4.90 Å². The number of esters is 1. The third-order valence-corrected chi connectivity index (χ3v) is 2.93. The van der Waals surface area contributed by atoms with Crippen molar-refractivity contribution in [2.45, 2.75) is 51.2 Å². The lowest BCUT2D eigenvalue weighted by Gasteiger charge is -2.36. The van der Waals surface area contributed by atoms with E-state index >= 15 is 0 Å². The first-order valence-corrected chi connectivity index (χ1v) is 6.89. The van der Waals surface area contributed by atoms with Crippen molar-refractivity contribution in [1.82, 2.24) is 4.90 Å². The first-order valence-electron chi connectivity index (χ1n) is 19.9. The fourth-order valence-electron chi connectivity index (χ4n) is 1.69. The van der Waals surface area contributed by atoms with Gasteiger partial charge in [-0.15, -0.1) is 0 Å². The third-order valence-electron chi connectivity index (χ3n) is 2.93. The van der Waals surface area contributed by atoms with Gasteiger partial charge in [0, 0.05) is 34.7 Å². The van der Waals surface area contributed by atoms with E-state index in [9.17, 15) is 9.90 Å². The van der Waals surface area contributed by atoms with Crippen molar-refractivity contribution in [2.24, 2.45) is 5.89 Å². The third kappa shape index (κ3) is 5.09. The van der Waals surface area contributed by atoms with Crippen molar-refractivity contribution in [3.8, 4) is 11.8 Å². The van der Waals surface area contributed by atoms with Gasteiger partial charge in [-0.2, -0.15) is 0 Å². The molecule has 0 heterocycles. The minimum absolute atomic E-state index is 0.306. The maximum Gasteiger partial charge on any atom is 0.344 e. The van der Waals surface area contributed by atoms with Crippen LogP contribution in [0.4, 0.5) is 0 Å². The van der Waals surface area contributed by atoms with E-state index in [0.29, 0.717) is 0 Å². The van der Waals surface area contributed by atoms with Crippen LogP contribution in [0, 0.1) is 17.7 Å². The Hall–Kier alpha value is -1.83. The zero-order valence-electron chi connectivity index (χ0n) is 39.1. The number of ether oxygens (including phenoxy) is 1. The number of carbonyl (C=O) groups excluding carboxylic acids is 1. The Balaban J connectivity index is 2.92. The first kappa shape index (κ1) is 4.96. The molecule has 0 aromatic heterocycles. The summed E-state index contributed by atoms with van der Waals surface area (Å²) < 4.78 is 213. The summed E-state index contributed by atoms with van der Waals surface area (Å²) in [7, 11) is 0. The van der Waals surface area contributed by atoms with Crippen LogP contribution in [-0.4, -0.2) is 42.1 Å². The molecule has 0 bridgehead atoms. The monoisotopic (exact) mass is 383 g/mol. The normalized spacial score (nSPS) is 44.8. The maximum atomic E-state index is 13.9. The molecule has 0 spiro atoms. The summed E-state index contributed by atoms with van der Waals surface area (Å²) in [5, 5.41) is 12.1. The minimum atomic E-state index is -4.76. The molecule has 1 aromatic carbocycles. The zero-order chi connectivity index (χ0) is 41.7. The van der Waals surface area contributed by atoms with Crippen molar-refractivity contribution in [1.29, 1.82) is 0 Å². The van der Waals surface area contributed by atoms with Gasteiger partial charge in [-0.1, -0.05) is 74.9 Å². The van der Waals surface area contributed by atoms with Gasteiger partial charge in [0.2, 0.25) is 0 Å². The number of hydrogen-bond donors (Lipinski definition) is 1. The molecule has 4 heteroatoms. The van der Waals surface area contributed by atoms with Crippen molar-refractivity contribution < 1.29 is 50.3 Å². The van der Waals surface area contributed by atoms with Crippen LogP contribution in [0.3, 0.4) is 0 Å². The van der Waals surface area contributed by atoms with E-state index in [0.717, 1.165) is 0 Å². The van der Waals surface area contributed by atoms with Gasteiger partial charge >= 0.3 is 5.97 Å². The summed E-state index contributed by atoms with van der Waals surface area (Å²) in [6.45, 7) is -17.6. The molecule has 0 amide bonds. The number of carbonyl (C=O) groups is 1. The van der Waals surface area contributed by atoms with Crippen LogP contribution in [0.5, 0.6) is 0 Å². The molecule has 0 aliphatic heterocycles. The number of benzene rings is 1. The standard InChI is InChI=1S/C22H31NO3/c1-3-23(4-2)17-11-12-18-26-21(24)22(25,19-13-7-5-8-14-19)20-15-9-6-10-16-20/h5,7-8,13-14,20,25H,3-4,6,9-10,15-18H2,1-2H3/i1D3,2D3,3D2,4D2,5D,6D2,7D,8D,9D2,10D2,13D,14D,15D2,16D2,20D. The highest BCUT2D eigenvalue weighted by atomic mass is 16.5. The van der Waals surface area contributed by atoms with Gasteiger partial charge in [-0.3, -0.25) is 4.90 Å². The second-order valence-electron chi connectivity index (χ2n) is 4.45. The number of hydrogen-bond acceptors (Lipinski definition) is 4. The molecular formula is C22H31NO3. The Morgan fingerprint density at radius 2 is 2.08 bits per heavy atom. The van der Waals surface area contributed by atoms with Gasteiger partial charge in [-0.25, -0.2) is 4.79 Å². The van der Waals surface area contributed by atoms with Crippen LogP contribution >= 0.6 is 0 Å². The van der Waals surface area contributed by atoms with Crippen LogP contribution in [0.2, 0.25) is 0 Å². The molecule has 1 aromatic rings. The lowest BCUT2D eigenvalue weighted by molar-refractivity contribution is -0.174. The Bertz CT molecular complexity index is 1570. The van der Waals surface area contributed by atoms with E-state index in [1.807, 2.05) is 11.8 Å². The quantitative estimate of drug-likeness (QED) is 0.579. The second kappa shape index (κ2) is 10.4. The lowest BCUT2D eigenvalue weighted by Crippen LogP contribution is -2.45. The van der Waals surface area contributed by atoms with E-state index in [2.05, 4.69) is 0 Å². The van der Waals surface area contributed by atoms with Crippen molar-refractivity contribution in [3.63, 3.8) is 0 Å². The molecule has 1 fully saturated rings. The molecule has 2 rings (SSSR count). The number of aliphatic hydroxyl groups is 1. The minimum Gasteiger partial charge on any atom is -0.450 e. The molecule has 4 nitrogen and oxygen atoms in total. The SMILES string of the molecule is [2H]c1c([2H])c([2H])c(C(O)(C(=O)OCC#CCN(C([2H])([2H])C([2H])([2H])[2H])C([2H])([2H])C([2H])([2H])[2H])C2([2H])C([2H])([2H])C([2H])([2H])C([2H])([2H])C([2H])([2H])C2([2H])[2H])c([2H])c1[2H]. The van der Waals surface area contributed by atoms with Crippen molar-refractivity contribution >= 4 is 5.97 Å². The van der Waals surface area contributed by atoms with E-state index in [4.69, 9.17) is 40.4 Å². The van der Waals surface area contributed by atoms with Crippen LogP contribution in [-0.2, 0) is 15.1 Å². The van der Waals surface area contributed by atoms with E-state index < -0.39 is 125 Å². The fraction of sp³-hybridized carbons (Fsp3) is 0.591. The molecule has 1 N–H and O–H groups in total. The van der Waals surface area contributed by atoms with Gasteiger partial charge in [0.25, 0.3) is 0 Å². The van der Waals surface area contributed by atoms with E-state index in [1.165, 1.54) is 0 Å². The highest BCUT2D eigenvalue weighted by Crippen LogP contribution is 2.40. The fourth-order valence-corrected chi connectivity index (χ4v) is 1.69. The summed E-state index contributed by atoms with van der Waals surface area (Å²) in [5.41, 5.74) is -6.51. The first-order chi connectivity index (χ1) is 22.7. The van der Waals surface area contributed by atoms with Gasteiger partial charge < -0.3 is 9.84 Å². The molecule has 1 unspecified atom stereocenters. The Kier molecular flexibility index (Phi) is 1.97. The van der Waals surface area contributed by atoms with Crippen LogP contribution in [0.25, 0.3) is 0 Å². The second-order valence-corrected chi connectivity index (χ2v) is 4.45. The summed E-state index contributed by atoms with van der Waals surface area (Å²) in [6.07, 6.45) is -22.0. The summed E-state index contributed by atoms with van der Waals surface area (Å²) in [6, 6.07) is -7.18. The van der Waals surface area contributed by atoms with Crippen LogP contribution < -0.4 is 0 Å². The average Bonchev–Trinajstić information content (AvgIpc) is 2.97. The van der Waals surface area contributed by atoms with Crippen LogP contribution in [0.15, 0.2) is 30.2 Å². The van der Waals surface area contributed by atoms with E-state index in [1.54, 1.807) is 0 Å². The lowest BCUT2D eigenvalue weighted by atomic mass is 9.73. The molecule has 26 heavy (non-hydrogen) atoms. The van der Waals surface area contributed by atoms with Gasteiger partial charge in [0.15, 0.2) is 12.2 Å². The maximum absolute atomic E-state index is 13.9. The summed E-state index contributed by atoms with van der Waals surface area (Å²) in [4.78, 5) is 13.6. The topological polar surface area (TPSA) is 49.8 Å². The molecule has 1 aliphatic carbocycles. The molecule has 0 saturated heterocycles. The van der Waals surface area contributed by atoms with Crippen molar-refractivity contribution in [3.05, 3.63) is 35.8 Å². The highest BCUT2D eigenvalue weighted by Gasteiger charge is 2.46. The van der Waals surface area contributed by atoms with Gasteiger partial charge in [0.1, 0.15) is 0 Å². The summed E-state index contributed by atoms with van der Waals surface area (Å²) >= 11 is 0. The molecule has 1 aliphatic rings. The summed E-state index contributed by atoms with van der Waals surface area (Å²) in [5.74, 6) is -3.51. The van der Waals surface area contributed by atoms with Gasteiger partial charge in [0.05, 0.1) is 13.4 Å². The number of nitrogens with zero attached hydrogens (tertiary/aromatic N) is 1. The Morgan fingerprint density at radius 3 is 2.73 bits per heavy atom. The Labute approximate surface area is 194 Å². The Morgan fingerprint density at radius 1 is 1.38 bits per heavy atom. The average molecular weight is 384 g/mol. The zero-order valence-corrected chi connectivity index (χ0v) is 13.1. The van der Waals surface area contributed by atoms with Gasteiger partial charge in [-0.05, 0) is 31.3 Å². The largest absolute Gasteiger partial charge is 0.450 e. The molecule has 1 atom stereocenters. The predicted molar refractivity (Wildman–Crippen MR) is 103 cm³/mol. The molecule has 142 valence electrons. The molecule has 0 radical (unpaired) electrons.